The van der Waals surface area contributed by atoms with E-state index in [0.717, 1.165) is 29.0 Å². The number of benzene rings is 2. The molecule has 1 aliphatic heterocycles. The molecule has 2 heterocycles. The first-order chi connectivity index (χ1) is 16.2. The van der Waals surface area contributed by atoms with Gasteiger partial charge in [0.25, 0.3) is 0 Å². The zero-order valence-electron chi connectivity index (χ0n) is 18.8. The monoisotopic (exact) mass is 472 g/mol. The fraction of sp³-hybridized carbons (Fsp3) is 0.292. The second-order valence-electron chi connectivity index (χ2n) is 7.96. The Labute approximate surface area is 194 Å². The third-order valence-corrected chi connectivity index (χ3v) is 5.03. The van der Waals surface area contributed by atoms with Crippen LogP contribution in [-0.2, 0) is 11.0 Å². The van der Waals surface area contributed by atoms with Crippen molar-refractivity contribution in [2.75, 3.05) is 13.2 Å². The van der Waals surface area contributed by atoms with Gasteiger partial charge in [0.1, 0.15) is 30.8 Å². The maximum atomic E-state index is 13.1. The molecule has 0 amide bonds. The first-order valence-corrected chi connectivity index (χ1v) is 10.5. The Balaban J connectivity index is 1.56. The molecule has 0 fully saturated rings. The first kappa shape index (κ1) is 23.5. The molecule has 1 aromatic heterocycles. The average Bonchev–Trinajstić information content (AvgIpc) is 2.79. The van der Waals surface area contributed by atoms with Crippen molar-refractivity contribution >= 4 is 5.84 Å². The van der Waals surface area contributed by atoms with E-state index in [2.05, 4.69) is 20.7 Å². The van der Waals surface area contributed by atoms with E-state index in [-0.39, 0.29) is 30.9 Å². The van der Waals surface area contributed by atoms with E-state index in [1.807, 2.05) is 32.0 Å². The van der Waals surface area contributed by atoms with Crippen LogP contribution in [-0.4, -0.2) is 35.3 Å². The predicted octanol–water partition coefficient (Wildman–Crippen LogP) is 4.94. The van der Waals surface area contributed by atoms with Crippen molar-refractivity contribution in [2.24, 2.45) is 4.99 Å². The molecule has 1 N–H and O–H groups in total. The van der Waals surface area contributed by atoms with Crippen LogP contribution in [0.25, 0.3) is 0 Å². The van der Waals surface area contributed by atoms with Crippen molar-refractivity contribution in [3.8, 4) is 17.4 Å². The number of aromatic nitrogens is 2. The van der Waals surface area contributed by atoms with Crippen LogP contribution in [0.2, 0.25) is 0 Å². The van der Waals surface area contributed by atoms with Gasteiger partial charge in [-0.3, -0.25) is 9.83 Å². The molecule has 2 aromatic carbocycles. The highest BCUT2D eigenvalue weighted by molar-refractivity contribution is 6.00. The van der Waals surface area contributed by atoms with Gasteiger partial charge >= 0.3 is 6.18 Å². The Kier molecular flexibility index (Phi) is 6.69. The summed E-state index contributed by atoms with van der Waals surface area (Å²) in [6.45, 7) is 6.26. The van der Waals surface area contributed by atoms with Crippen molar-refractivity contribution < 1.29 is 27.5 Å². The van der Waals surface area contributed by atoms with Gasteiger partial charge in [0.2, 0.25) is 5.88 Å². The zero-order chi connectivity index (χ0) is 24.3. The SMILES string of the molecule is Cc1ccc(OC[C@@H]2CONC(c3cc(C)nnc3Oc3cccc(C(F)(F)F)c3)=N2)c(C)c1. The summed E-state index contributed by atoms with van der Waals surface area (Å²) in [5.41, 5.74) is 5.05. The molecule has 0 bridgehead atoms. The molecule has 0 aliphatic carbocycles. The summed E-state index contributed by atoms with van der Waals surface area (Å²) in [5.74, 6) is 1.05. The molecule has 4 rings (SSSR count). The van der Waals surface area contributed by atoms with Crippen molar-refractivity contribution in [1.82, 2.24) is 15.7 Å². The number of hydrogen-bond donors (Lipinski definition) is 1. The summed E-state index contributed by atoms with van der Waals surface area (Å²) in [5, 5.41) is 7.99. The normalized spacial score (nSPS) is 15.9. The number of amidine groups is 1. The van der Waals surface area contributed by atoms with Crippen LogP contribution in [0.15, 0.2) is 53.5 Å². The second-order valence-corrected chi connectivity index (χ2v) is 7.96. The second kappa shape index (κ2) is 9.68. The molecule has 0 radical (unpaired) electrons. The summed E-state index contributed by atoms with van der Waals surface area (Å²) < 4.78 is 50.8. The lowest BCUT2D eigenvalue weighted by Crippen LogP contribution is -2.38. The van der Waals surface area contributed by atoms with Gasteiger partial charge in [0, 0.05) is 0 Å². The fourth-order valence-corrected chi connectivity index (χ4v) is 3.38. The molecule has 3 aromatic rings. The Morgan fingerprint density at radius 3 is 2.65 bits per heavy atom. The molecule has 178 valence electrons. The van der Waals surface area contributed by atoms with Gasteiger partial charge in [0.05, 0.1) is 16.8 Å². The number of aliphatic imine (C=N–C) groups is 1. The minimum absolute atomic E-state index is 0.00396. The molecule has 1 atom stereocenters. The summed E-state index contributed by atoms with van der Waals surface area (Å²) >= 11 is 0. The number of nitrogens with one attached hydrogen (secondary N) is 1. The highest BCUT2D eigenvalue weighted by Gasteiger charge is 2.31. The highest BCUT2D eigenvalue weighted by Crippen LogP contribution is 2.33. The summed E-state index contributed by atoms with van der Waals surface area (Å²) in [6.07, 6.45) is -4.49. The van der Waals surface area contributed by atoms with Gasteiger partial charge in [-0.1, -0.05) is 23.8 Å². The average molecular weight is 472 g/mol. The van der Waals surface area contributed by atoms with Crippen LogP contribution in [0.4, 0.5) is 13.2 Å². The van der Waals surface area contributed by atoms with Gasteiger partial charge in [-0.15, -0.1) is 5.10 Å². The molecule has 1 aliphatic rings. The Morgan fingerprint density at radius 2 is 1.88 bits per heavy atom. The van der Waals surface area contributed by atoms with E-state index >= 15 is 0 Å². The van der Waals surface area contributed by atoms with E-state index in [4.69, 9.17) is 14.3 Å². The van der Waals surface area contributed by atoms with Crippen LogP contribution in [0, 0.1) is 20.8 Å². The van der Waals surface area contributed by atoms with Crippen LogP contribution in [0.5, 0.6) is 17.4 Å². The van der Waals surface area contributed by atoms with Gasteiger partial charge in [0.15, 0.2) is 5.84 Å². The van der Waals surface area contributed by atoms with E-state index in [0.29, 0.717) is 17.1 Å². The quantitative estimate of drug-likeness (QED) is 0.548. The highest BCUT2D eigenvalue weighted by atomic mass is 19.4. The zero-order valence-corrected chi connectivity index (χ0v) is 18.8. The third-order valence-electron chi connectivity index (χ3n) is 5.03. The molecule has 10 heteroatoms. The van der Waals surface area contributed by atoms with Gasteiger partial charge in [-0.2, -0.15) is 18.3 Å². The van der Waals surface area contributed by atoms with Gasteiger partial charge in [-0.25, -0.2) is 5.48 Å². The fourth-order valence-electron chi connectivity index (χ4n) is 3.38. The Morgan fingerprint density at radius 1 is 1.06 bits per heavy atom. The first-order valence-electron chi connectivity index (χ1n) is 10.5. The van der Waals surface area contributed by atoms with E-state index in [1.165, 1.54) is 12.1 Å². The summed E-state index contributed by atoms with van der Waals surface area (Å²) in [6, 6.07) is 11.8. The van der Waals surface area contributed by atoms with E-state index in [1.54, 1.807) is 13.0 Å². The lowest BCUT2D eigenvalue weighted by Gasteiger charge is -2.23. The van der Waals surface area contributed by atoms with Crippen LogP contribution in [0.3, 0.4) is 0 Å². The molecule has 0 spiro atoms. The van der Waals surface area contributed by atoms with Gasteiger partial charge < -0.3 is 9.47 Å². The van der Waals surface area contributed by atoms with E-state index in [9.17, 15) is 13.2 Å². The van der Waals surface area contributed by atoms with Crippen molar-refractivity contribution in [3.63, 3.8) is 0 Å². The van der Waals surface area contributed by atoms with E-state index < -0.39 is 11.7 Å². The molecule has 7 nitrogen and oxygen atoms in total. The molecule has 0 unspecified atom stereocenters. The van der Waals surface area contributed by atoms with Crippen LogP contribution in [0.1, 0.15) is 27.9 Å². The van der Waals surface area contributed by atoms with Gasteiger partial charge in [-0.05, 0) is 56.7 Å². The summed E-state index contributed by atoms with van der Waals surface area (Å²) in [7, 11) is 0. The largest absolute Gasteiger partial charge is 0.491 e. The number of hydroxylamine groups is 1. The number of halogens is 3. The van der Waals surface area contributed by atoms with Crippen LogP contribution >= 0.6 is 0 Å². The maximum absolute atomic E-state index is 13.1. The number of aryl methyl sites for hydroxylation is 3. The topological polar surface area (TPSA) is 77.9 Å². The molecular formula is C24H23F3N4O3. The standard InChI is InChI=1S/C24H23F3N4O3/c1-14-7-8-21(15(2)9-14)32-12-18-13-33-31-22(28-18)20-10-16(3)29-30-23(20)34-19-6-4-5-17(11-19)24(25,26)27/h4-11,18H,12-13H2,1-3H3,(H,28,31)/t18-/m1/s1. The number of hydrogen-bond acceptors (Lipinski definition) is 7. The summed E-state index contributed by atoms with van der Waals surface area (Å²) in [4.78, 5) is 10.1. The third kappa shape index (κ3) is 5.63. The number of alkyl halides is 3. The maximum Gasteiger partial charge on any atom is 0.416 e. The Bertz CT molecular complexity index is 1210. The number of ether oxygens (including phenoxy) is 2. The van der Waals surface area contributed by atoms with Crippen molar-refractivity contribution in [1.29, 1.82) is 0 Å². The van der Waals surface area contributed by atoms with Crippen molar-refractivity contribution in [2.45, 2.75) is 33.0 Å². The molecular weight excluding hydrogens is 449 g/mol. The smallest absolute Gasteiger partial charge is 0.416 e. The minimum atomic E-state index is -4.49. The van der Waals surface area contributed by atoms with Crippen molar-refractivity contribution in [3.05, 3.63) is 76.5 Å². The predicted molar refractivity (Wildman–Crippen MR) is 119 cm³/mol. The molecule has 34 heavy (non-hydrogen) atoms. The lowest BCUT2D eigenvalue weighted by molar-refractivity contribution is -0.137. The number of nitrogens with zero attached hydrogens (tertiary/aromatic N) is 3. The molecule has 0 saturated heterocycles. The van der Waals surface area contributed by atoms with Crippen LogP contribution < -0.4 is 15.0 Å². The molecule has 0 saturated carbocycles. The number of rotatable bonds is 6. The lowest BCUT2D eigenvalue weighted by atomic mass is 10.1. The Hall–Kier alpha value is -3.66. The minimum Gasteiger partial charge on any atom is -0.491 e.